The molecule has 3 nitrogen and oxygen atoms in total. The van der Waals surface area contributed by atoms with Gasteiger partial charge in [-0.1, -0.05) is 107 Å². The summed E-state index contributed by atoms with van der Waals surface area (Å²) in [6.45, 7) is 0. The lowest BCUT2D eigenvalue weighted by atomic mass is 10.0. The molecule has 0 spiro atoms. The van der Waals surface area contributed by atoms with E-state index in [1.807, 2.05) is 36.4 Å². The first-order valence-corrected chi connectivity index (χ1v) is 13.9. The van der Waals surface area contributed by atoms with Crippen molar-refractivity contribution < 1.29 is 0 Å². The van der Waals surface area contributed by atoms with E-state index in [1.54, 1.807) is 11.3 Å². The van der Waals surface area contributed by atoms with Gasteiger partial charge < -0.3 is 0 Å². The third-order valence-electron chi connectivity index (χ3n) is 6.59. The van der Waals surface area contributed by atoms with E-state index in [2.05, 4.69) is 101 Å². The van der Waals surface area contributed by atoms with Crippen molar-refractivity contribution in [2.75, 3.05) is 0 Å². The van der Waals surface area contributed by atoms with Gasteiger partial charge in [0.1, 0.15) is 0 Å². The first-order chi connectivity index (χ1) is 18.7. The minimum absolute atomic E-state index is 0.657. The van der Waals surface area contributed by atoms with Gasteiger partial charge in [-0.15, -0.1) is 11.3 Å². The van der Waals surface area contributed by atoms with E-state index >= 15 is 0 Å². The molecule has 0 saturated carbocycles. The van der Waals surface area contributed by atoms with Crippen LogP contribution in [0.5, 0.6) is 0 Å². The third-order valence-corrected chi connectivity index (χ3v) is 8.22. The highest BCUT2D eigenvalue weighted by molar-refractivity contribution is 9.10. The summed E-state index contributed by atoms with van der Waals surface area (Å²) in [5.41, 5.74) is 5.21. The van der Waals surface area contributed by atoms with E-state index in [4.69, 9.17) is 15.0 Å². The molecule has 7 rings (SSSR count). The van der Waals surface area contributed by atoms with Gasteiger partial charge in [0.2, 0.25) is 0 Å². The molecular formula is C33H20BrN3S. The Labute approximate surface area is 232 Å². The predicted octanol–water partition coefficient (Wildman–Crippen LogP) is 9.67. The van der Waals surface area contributed by atoms with Gasteiger partial charge in [-0.3, -0.25) is 0 Å². The van der Waals surface area contributed by atoms with Crippen LogP contribution in [-0.2, 0) is 0 Å². The molecule has 0 bridgehead atoms. The largest absolute Gasteiger partial charge is 0.208 e. The van der Waals surface area contributed by atoms with Crippen molar-refractivity contribution in [3.05, 3.63) is 126 Å². The highest BCUT2D eigenvalue weighted by Crippen LogP contribution is 2.40. The highest BCUT2D eigenvalue weighted by atomic mass is 79.9. The van der Waals surface area contributed by atoms with E-state index in [9.17, 15) is 0 Å². The van der Waals surface area contributed by atoms with Crippen molar-refractivity contribution in [1.82, 2.24) is 15.0 Å². The second-order valence-electron chi connectivity index (χ2n) is 9.04. The van der Waals surface area contributed by atoms with Gasteiger partial charge in [0.25, 0.3) is 0 Å². The zero-order chi connectivity index (χ0) is 25.5. The average molecular weight is 571 g/mol. The standard InChI is InChI=1S/C33H20BrN3S/c34-25-17-18-28-27(20-25)30-26(15-8-16-29(30)38-28)33-36-31(22-11-5-2-6-12-22)35-32(37-33)24-14-7-13-23(19-24)21-9-3-1-4-10-21/h1-20H. The minimum Gasteiger partial charge on any atom is -0.208 e. The first kappa shape index (κ1) is 23.0. The molecule has 5 heteroatoms. The molecule has 180 valence electrons. The first-order valence-electron chi connectivity index (χ1n) is 12.3. The van der Waals surface area contributed by atoms with Crippen LogP contribution in [0, 0.1) is 0 Å². The van der Waals surface area contributed by atoms with E-state index in [1.165, 1.54) is 20.2 Å². The predicted molar refractivity (Wildman–Crippen MR) is 162 cm³/mol. The van der Waals surface area contributed by atoms with Crippen LogP contribution in [0.2, 0.25) is 0 Å². The van der Waals surface area contributed by atoms with Crippen LogP contribution in [0.15, 0.2) is 126 Å². The van der Waals surface area contributed by atoms with Gasteiger partial charge in [-0.25, -0.2) is 15.0 Å². The van der Waals surface area contributed by atoms with Gasteiger partial charge in [-0.05, 0) is 41.5 Å². The van der Waals surface area contributed by atoms with Crippen molar-refractivity contribution in [1.29, 1.82) is 0 Å². The van der Waals surface area contributed by atoms with Crippen LogP contribution < -0.4 is 0 Å². The second-order valence-corrected chi connectivity index (χ2v) is 11.0. The zero-order valence-corrected chi connectivity index (χ0v) is 22.6. The molecule has 0 radical (unpaired) electrons. The summed E-state index contributed by atoms with van der Waals surface area (Å²) in [7, 11) is 0. The number of halogens is 1. The molecule has 0 fully saturated rings. The van der Waals surface area contributed by atoms with Crippen molar-refractivity contribution in [3.8, 4) is 45.3 Å². The lowest BCUT2D eigenvalue weighted by Gasteiger charge is -2.10. The Morgan fingerprint density at radius 1 is 0.474 bits per heavy atom. The smallest absolute Gasteiger partial charge is 0.164 e. The van der Waals surface area contributed by atoms with Gasteiger partial charge in [0, 0.05) is 41.3 Å². The van der Waals surface area contributed by atoms with Crippen molar-refractivity contribution in [3.63, 3.8) is 0 Å². The van der Waals surface area contributed by atoms with Crippen LogP contribution in [-0.4, -0.2) is 15.0 Å². The Balaban J connectivity index is 1.47. The van der Waals surface area contributed by atoms with Gasteiger partial charge in [0.05, 0.1) is 0 Å². The highest BCUT2D eigenvalue weighted by Gasteiger charge is 2.17. The maximum absolute atomic E-state index is 5.06. The molecule has 38 heavy (non-hydrogen) atoms. The number of nitrogens with zero attached hydrogens (tertiary/aromatic N) is 3. The number of hydrogen-bond acceptors (Lipinski definition) is 4. The second kappa shape index (κ2) is 9.60. The molecule has 2 heterocycles. The molecule has 0 unspecified atom stereocenters. The number of benzene rings is 5. The molecule has 0 atom stereocenters. The molecule has 0 aliphatic carbocycles. The normalized spacial score (nSPS) is 11.3. The Hall–Kier alpha value is -4.19. The van der Waals surface area contributed by atoms with Crippen LogP contribution in [0.1, 0.15) is 0 Å². The Morgan fingerprint density at radius 2 is 1.11 bits per heavy atom. The molecule has 0 amide bonds. The Kier molecular flexibility index (Phi) is 5.80. The number of rotatable bonds is 4. The maximum Gasteiger partial charge on any atom is 0.164 e. The monoisotopic (exact) mass is 569 g/mol. The molecule has 2 aromatic heterocycles. The van der Waals surface area contributed by atoms with E-state index in [0.29, 0.717) is 17.5 Å². The van der Waals surface area contributed by atoms with Crippen molar-refractivity contribution in [2.45, 2.75) is 0 Å². The lowest BCUT2D eigenvalue weighted by Crippen LogP contribution is -2.00. The van der Waals surface area contributed by atoms with Gasteiger partial charge >= 0.3 is 0 Å². The molecular weight excluding hydrogens is 550 g/mol. The van der Waals surface area contributed by atoms with Crippen LogP contribution in [0.25, 0.3) is 65.5 Å². The summed E-state index contributed by atoms with van der Waals surface area (Å²) in [5.74, 6) is 1.99. The molecule has 0 saturated heterocycles. The number of thiophene rings is 1. The zero-order valence-electron chi connectivity index (χ0n) is 20.2. The summed E-state index contributed by atoms with van der Waals surface area (Å²) in [5, 5.41) is 2.37. The molecule has 0 N–H and O–H groups in total. The number of aromatic nitrogens is 3. The Bertz CT molecular complexity index is 1930. The summed E-state index contributed by atoms with van der Waals surface area (Å²) < 4.78 is 3.51. The average Bonchev–Trinajstić information content (AvgIpc) is 3.36. The molecule has 0 aliphatic heterocycles. The number of fused-ring (bicyclic) bond motifs is 3. The van der Waals surface area contributed by atoms with Crippen LogP contribution in [0.3, 0.4) is 0 Å². The molecule has 0 aliphatic rings. The van der Waals surface area contributed by atoms with Crippen molar-refractivity contribution in [2.24, 2.45) is 0 Å². The lowest BCUT2D eigenvalue weighted by molar-refractivity contribution is 1.08. The maximum atomic E-state index is 5.06. The fourth-order valence-corrected chi connectivity index (χ4v) is 6.27. The van der Waals surface area contributed by atoms with E-state index in [-0.39, 0.29) is 0 Å². The quantitative estimate of drug-likeness (QED) is 0.212. The van der Waals surface area contributed by atoms with E-state index < -0.39 is 0 Å². The van der Waals surface area contributed by atoms with Gasteiger partial charge in [-0.2, -0.15) is 0 Å². The van der Waals surface area contributed by atoms with Crippen LogP contribution >= 0.6 is 27.3 Å². The minimum atomic E-state index is 0.657. The molecule has 5 aromatic carbocycles. The summed E-state index contributed by atoms with van der Waals surface area (Å²) in [6.07, 6.45) is 0. The summed E-state index contributed by atoms with van der Waals surface area (Å²) >= 11 is 5.45. The van der Waals surface area contributed by atoms with Gasteiger partial charge in [0.15, 0.2) is 17.5 Å². The topological polar surface area (TPSA) is 38.7 Å². The fraction of sp³-hybridized carbons (Fsp3) is 0. The van der Waals surface area contributed by atoms with E-state index in [0.717, 1.165) is 32.3 Å². The summed E-state index contributed by atoms with van der Waals surface area (Å²) in [6, 6.07) is 41.7. The van der Waals surface area contributed by atoms with Crippen molar-refractivity contribution >= 4 is 47.4 Å². The molecule has 7 aromatic rings. The summed E-state index contributed by atoms with van der Waals surface area (Å²) in [4.78, 5) is 15.0. The fourth-order valence-electron chi connectivity index (χ4n) is 4.80. The number of hydrogen-bond donors (Lipinski definition) is 0. The SMILES string of the molecule is Brc1ccc2sc3cccc(-c4nc(-c5ccccc5)nc(-c5cccc(-c6ccccc6)c5)n4)c3c2c1. The van der Waals surface area contributed by atoms with Crippen LogP contribution in [0.4, 0.5) is 0 Å². The Morgan fingerprint density at radius 3 is 1.89 bits per heavy atom. The third kappa shape index (κ3) is 4.20.